The lowest BCUT2D eigenvalue weighted by molar-refractivity contribution is 0.580. The third-order valence-corrected chi connectivity index (χ3v) is 5.11. The summed E-state index contributed by atoms with van der Waals surface area (Å²) in [4.78, 5) is 3.60. The van der Waals surface area contributed by atoms with Crippen LogP contribution >= 0.6 is 0 Å². The van der Waals surface area contributed by atoms with Gasteiger partial charge < -0.3 is 0 Å². The van der Waals surface area contributed by atoms with Gasteiger partial charge in [-0.05, 0) is 35.7 Å². The van der Waals surface area contributed by atoms with Crippen molar-refractivity contribution in [3.8, 4) is 0 Å². The molecule has 1 aromatic heterocycles. The van der Waals surface area contributed by atoms with Crippen LogP contribution in [0.4, 0.5) is 10.1 Å². The van der Waals surface area contributed by atoms with Crippen molar-refractivity contribution in [2.45, 2.75) is 19.2 Å². The molecule has 0 spiro atoms. The second kappa shape index (κ2) is 4.56. The zero-order valence-electron chi connectivity index (χ0n) is 10.9. The summed E-state index contributed by atoms with van der Waals surface area (Å²) >= 11 is 0. The zero-order valence-corrected chi connectivity index (χ0v) is 11.7. The number of halogens is 1. The van der Waals surface area contributed by atoms with Gasteiger partial charge in [-0.25, -0.2) is 13.4 Å². The van der Waals surface area contributed by atoms with Gasteiger partial charge in [-0.15, -0.1) is 0 Å². The summed E-state index contributed by atoms with van der Waals surface area (Å²) in [5.74, 6) is -0.549. The summed E-state index contributed by atoms with van der Waals surface area (Å²) in [7, 11) is -3.36. The van der Waals surface area contributed by atoms with E-state index >= 15 is 0 Å². The van der Waals surface area contributed by atoms with Gasteiger partial charge in [-0.1, -0.05) is 18.2 Å². The molecule has 0 saturated carbocycles. The van der Waals surface area contributed by atoms with Crippen molar-refractivity contribution >= 4 is 15.7 Å². The summed E-state index contributed by atoms with van der Waals surface area (Å²) in [5.41, 5.74) is 2.88. The third kappa shape index (κ3) is 2.16. The van der Waals surface area contributed by atoms with Crippen LogP contribution in [-0.2, 0) is 22.3 Å². The molecule has 0 unspecified atom stereocenters. The van der Waals surface area contributed by atoms with E-state index in [0.29, 0.717) is 16.8 Å². The monoisotopic (exact) mass is 292 g/mol. The topological polar surface area (TPSA) is 50.3 Å². The minimum atomic E-state index is -3.36. The first-order valence-electron chi connectivity index (χ1n) is 6.17. The summed E-state index contributed by atoms with van der Waals surface area (Å²) in [5, 5.41) is 0. The Labute approximate surface area is 116 Å². The molecular formula is C14H13FN2O2S. The third-order valence-electron chi connectivity index (χ3n) is 3.43. The maximum Gasteiger partial charge on any atom is 0.239 e. The second-order valence-electron chi connectivity index (χ2n) is 4.83. The number of pyridine rings is 1. The number of nitrogens with zero attached hydrogens (tertiary/aromatic N) is 2. The zero-order chi connectivity index (χ0) is 14.3. The van der Waals surface area contributed by atoms with E-state index in [1.54, 1.807) is 13.0 Å². The van der Waals surface area contributed by atoms with E-state index in [9.17, 15) is 12.8 Å². The van der Waals surface area contributed by atoms with E-state index in [4.69, 9.17) is 0 Å². The minimum absolute atomic E-state index is 0.0108. The fourth-order valence-corrected chi connectivity index (χ4v) is 3.96. The van der Waals surface area contributed by atoms with Gasteiger partial charge in [0.15, 0.2) is 0 Å². The number of hydrogen-bond donors (Lipinski definition) is 0. The lowest BCUT2D eigenvalue weighted by atomic mass is 10.1. The van der Waals surface area contributed by atoms with Gasteiger partial charge in [-0.2, -0.15) is 4.39 Å². The van der Waals surface area contributed by atoms with Gasteiger partial charge in [0, 0.05) is 6.20 Å². The normalized spacial score (nSPS) is 16.2. The standard InChI is InChI=1S/C14H13FN2O2S/c1-10-6-14(15)16-7-12(10)8-17-13-5-3-2-4-11(13)9-20(17,18)19/h2-7H,8-9H2,1H3. The summed E-state index contributed by atoms with van der Waals surface area (Å²) in [6.45, 7) is 1.92. The average Bonchev–Trinajstić information content (AvgIpc) is 2.63. The predicted molar refractivity (Wildman–Crippen MR) is 74.2 cm³/mol. The molecule has 1 aliphatic heterocycles. The number of aromatic nitrogens is 1. The Balaban J connectivity index is 2.01. The maximum absolute atomic E-state index is 13.0. The molecular weight excluding hydrogens is 279 g/mol. The van der Waals surface area contributed by atoms with Gasteiger partial charge in [0.25, 0.3) is 0 Å². The van der Waals surface area contributed by atoms with E-state index in [-0.39, 0.29) is 12.3 Å². The Bertz CT molecular complexity index is 774. The molecule has 1 aliphatic rings. The number of rotatable bonds is 2. The van der Waals surface area contributed by atoms with Crippen LogP contribution in [0.2, 0.25) is 0 Å². The van der Waals surface area contributed by atoms with E-state index in [0.717, 1.165) is 5.56 Å². The molecule has 20 heavy (non-hydrogen) atoms. The Hall–Kier alpha value is -1.95. The molecule has 3 rings (SSSR count). The number of sulfonamides is 1. The van der Waals surface area contributed by atoms with Crippen LogP contribution in [0.1, 0.15) is 16.7 Å². The molecule has 0 bridgehead atoms. The number of para-hydroxylation sites is 1. The lowest BCUT2D eigenvalue weighted by Crippen LogP contribution is -2.26. The molecule has 0 radical (unpaired) electrons. The Morgan fingerprint density at radius 2 is 2.10 bits per heavy atom. The highest BCUT2D eigenvalue weighted by atomic mass is 32.2. The van der Waals surface area contributed by atoms with Gasteiger partial charge in [0.2, 0.25) is 16.0 Å². The molecule has 0 N–H and O–H groups in total. The van der Waals surface area contributed by atoms with Gasteiger partial charge in [0.05, 0.1) is 18.0 Å². The highest BCUT2D eigenvalue weighted by Crippen LogP contribution is 2.34. The van der Waals surface area contributed by atoms with Crippen molar-refractivity contribution in [2.24, 2.45) is 0 Å². The lowest BCUT2D eigenvalue weighted by Gasteiger charge is -2.19. The van der Waals surface area contributed by atoms with Crippen molar-refractivity contribution < 1.29 is 12.8 Å². The van der Waals surface area contributed by atoms with Crippen LogP contribution in [-0.4, -0.2) is 13.4 Å². The van der Waals surface area contributed by atoms with Crippen molar-refractivity contribution in [3.05, 3.63) is 59.2 Å². The first-order valence-corrected chi connectivity index (χ1v) is 7.77. The maximum atomic E-state index is 13.0. The highest BCUT2D eigenvalue weighted by Gasteiger charge is 2.32. The smallest absolute Gasteiger partial charge is 0.239 e. The molecule has 0 atom stereocenters. The Kier molecular flexibility index (Phi) is 2.97. The van der Waals surface area contributed by atoms with Crippen LogP contribution in [0.3, 0.4) is 0 Å². The second-order valence-corrected chi connectivity index (χ2v) is 6.72. The number of aryl methyl sites for hydroxylation is 1. The Morgan fingerprint density at radius 3 is 2.85 bits per heavy atom. The molecule has 0 amide bonds. The van der Waals surface area contributed by atoms with E-state index < -0.39 is 16.0 Å². The van der Waals surface area contributed by atoms with Crippen LogP contribution < -0.4 is 4.31 Å². The van der Waals surface area contributed by atoms with E-state index in [1.165, 1.54) is 16.6 Å². The van der Waals surface area contributed by atoms with E-state index in [1.807, 2.05) is 18.2 Å². The van der Waals surface area contributed by atoms with Gasteiger partial charge in [-0.3, -0.25) is 4.31 Å². The molecule has 4 nitrogen and oxygen atoms in total. The predicted octanol–water partition coefficient (Wildman–Crippen LogP) is 2.38. The highest BCUT2D eigenvalue weighted by molar-refractivity contribution is 7.92. The average molecular weight is 292 g/mol. The first kappa shape index (κ1) is 13.1. The summed E-state index contributed by atoms with van der Waals surface area (Å²) in [6, 6.07) is 8.53. The SMILES string of the molecule is Cc1cc(F)ncc1CN1c2ccccc2CS1(=O)=O. The fourth-order valence-electron chi connectivity index (χ4n) is 2.35. The van der Waals surface area contributed by atoms with Gasteiger partial charge >= 0.3 is 0 Å². The molecule has 2 aromatic rings. The minimum Gasteiger partial charge on any atom is -0.265 e. The molecule has 1 aromatic carbocycles. The van der Waals surface area contributed by atoms with Crippen molar-refractivity contribution in [1.82, 2.24) is 4.98 Å². The summed E-state index contributed by atoms with van der Waals surface area (Å²) < 4.78 is 38.8. The summed E-state index contributed by atoms with van der Waals surface area (Å²) in [6.07, 6.45) is 1.39. The number of benzene rings is 1. The molecule has 104 valence electrons. The largest absolute Gasteiger partial charge is 0.265 e. The van der Waals surface area contributed by atoms with Crippen molar-refractivity contribution in [2.75, 3.05) is 4.31 Å². The fraction of sp³-hybridized carbons (Fsp3) is 0.214. The molecule has 0 aliphatic carbocycles. The molecule has 2 heterocycles. The van der Waals surface area contributed by atoms with Crippen LogP contribution in [0.25, 0.3) is 0 Å². The van der Waals surface area contributed by atoms with Crippen molar-refractivity contribution in [3.63, 3.8) is 0 Å². The van der Waals surface area contributed by atoms with Gasteiger partial charge in [0.1, 0.15) is 0 Å². The quantitative estimate of drug-likeness (QED) is 0.799. The molecule has 0 saturated heterocycles. The van der Waals surface area contributed by atoms with E-state index in [2.05, 4.69) is 4.98 Å². The molecule has 6 heteroatoms. The van der Waals surface area contributed by atoms with Crippen LogP contribution in [0, 0.1) is 12.9 Å². The number of anilines is 1. The van der Waals surface area contributed by atoms with Crippen molar-refractivity contribution in [1.29, 1.82) is 0 Å². The number of hydrogen-bond acceptors (Lipinski definition) is 3. The number of fused-ring (bicyclic) bond motifs is 1. The van der Waals surface area contributed by atoms with Crippen LogP contribution in [0.5, 0.6) is 0 Å². The molecule has 0 fully saturated rings. The Morgan fingerprint density at radius 1 is 1.35 bits per heavy atom. The first-order chi connectivity index (χ1) is 9.47. The van der Waals surface area contributed by atoms with Crippen LogP contribution in [0.15, 0.2) is 36.5 Å².